The van der Waals surface area contributed by atoms with Crippen molar-refractivity contribution in [2.45, 2.75) is 32.8 Å². The number of aryl methyl sites for hydroxylation is 1. The fraction of sp³-hybridized carbons (Fsp3) is 0.500. The van der Waals surface area contributed by atoms with Crippen molar-refractivity contribution in [1.29, 1.82) is 0 Å². The van der Waals surface area contributed by atoms with E-state index in [1.165, 1.54) is 0 Å². The van der Waals surface area contributed by atoms with Crippen LogP contribution in [0.2, 0.25) is 0 Å². The Labute approximate surface area is 76.7 Å². The van der Waals surface area contributed by atoms with E-state index in [-0.39, 0.29) is 5.97 Å². The van der Waals surface area contributed by atoms with Gasteiger partial charge in [0.1, 0.15) is 17.9 Å². The maximum Gasteiger partial charge on any atom is 0.342 e. The van der Waals surface area contributed by atoms with E-state index >= 15 is 0 Å². The largest absolute Gasteiger partial charge is 0.468 e. The number of esters is 1. The summed E-state index contributed by atoms with van der Waals surface area (Å²) in [5.41, 5.74) is 1.57. The Morgan fingerprint density at radius 3 is 3.15 bits per heavy atom. The van der Waals surface area contributed by atoms with Crippen LogP contribution in [0.4, 0.5) is 0 Å². The lowest BCUT2D eigenvalue weighted by atomic mass is 10.1. The molecule has 0 aliphatic carbocycles. The Hall–Kier alpha value is -1.25. The average molecular weight is 180 g/mol. The van der Waals surface area contributed by atoms with Crippen LogP contribution in [0.5, 0.6) is 0 Å². The normalized spacial score (nSPS) is 14.4. The van der Waals surface area contributed by atoms with E-state index in [0.29, 0.717) is 12.2 Å². The van der Waals surface area contributed by atoms with E-state index in [9.17, 15) is 4.79 Å². The lowest BCUT2D eigenvalue weighted by Gasteiger charge is -1.96. The molecule has 0 aromatic carbocycles. The average Bonchev–Trinajstić information content (AvgIpc) is 2.67. The van der Waals surface area contributed by atoms with E-state index in [1.807, 2.05) is 0 Å². The third-order valence-electron chi connectivity index (χ3n) is 2.26. The van der Waals surface area contributed by atoms with Crippen LogP contribution in [0.15, 0.2) is 10.7 Å². The van der Waals surface area contributed by atoms with E-state index in [4.69, 9.17) is 9.15 Å². The maximum absolute atomic E-state index is 11.2. The van der Waals surface area contributed by atoms with Crippen LogP contribution in [0.3, 0.4) is 0 Å². The molecule has 0 fully saturated rings. The van der Waals surface area contributed by atoms with Crippen LogP contribution in [0.25, 0.3) is 0 Å². The topological polar surface area (TPSA) is 39.4 Å². The number of fused-ring (bicyclic) bond motifs is 1. The van der Waals surface area contributed by atoms with Crippen LogP contribution in [0, 0.1) is 0 Å². The molecule has 3 nitrogen and oxygen atoms in total. The molecule has 1 aliphatic heterocycles. The summed E-state index contributed by atoms with van der Waals surface area (Å²) in [5.74, 6) is 0.564. The summed E-state index contributed by atoms with van der Waals surface area (Å²) in [4.78, 5) is 11.2. The molecule has 0 unspecified atom stereocenters. The van der Waals surface area contributed by atoms with Crippen LogP contribution in [-0.2, 0) is 17.8 Å². The molecule has 0 bridgehead atoms. The van der Waals surface area contributed by atoms with Crippen molar-refractivity contribution in [3.8, 4) is 0 Å². The van der Waals surface area contributed by atoms with Gasteiger partial charge in [-0.1, -0.05) is 13.3 Å². The van der Waals surface area contributed by atoms with E-state index in [0.717, 1.165) is 30.6 Å². The minimum Gasteiger partial charge on any atom is -0.468 e. The van der Waals surface area contributed by atoms with E-state index in [2.05, 4.69) is 6.92 Å². The molecule has 1 aliphatic rings. The molecule has 1 aromatic rings. The van der Waals surface area contributed by atoms with E-state index < -0.39 is 0 Å². The summed E-state index contributed by atoms with van der Waals surface area (Å²) >= 11 is 0. The summed E-state index contributed by atoms with van der Waals surface area (Å²) in [6.07, 6.45) is 4.61. The quantitative estimate of drug-likeness (QED) is 0.670. The van der Waals surface area contributed by atoms with Crippen molar-refractivity contribution in [1.82, 2.24) is 0 Å². The second kappa shape index (κ2) is 3.24. The number of cyclic esters (lactones) is 1. The second-order valence-corrected chi connectivity index (χ2v) is 3.24. The predicted molar refractivity (Wildman–Crippen MR) is 46.4 cm³/mol. The summed E-state index contributed by atoms with van der Waals surface area (Å²) in [5, 5.41) is 0. The van der Waals surface area contributed by atoms with Gasteiger partial charge in [-0.05, 0) is 6.42 Å². The molecular formula is C10H12O3. The first-order chi connectivity index (χ1) is 6.33. The molecule has 70 valence electrons. The summed E-state index contributed by atoms with van der Waals surface area (Å²) in [6.45, 7) is 2.49. The summed E-state index contributed by atoms with van der Waals surface area (Å²) < 4.78 is 10.2. The van der Waals surface area contributed by atoms with Gasteiger partial charge in [-0.15, -0.1) is 0 Å². The first kappa shape index (κ1) is 8.35. The number of hydrogen-bond acceptors (Lipinski definition) is 3. The highest BCUT2D eigenvalue weighted by Gasteiger charge is 2.27. The number of hydrogen-bond donors (Lipinski definition) is 0. The van der Waals surface area contributed by atoms with Gasteiger partial charge in [0, 0.05) is 12.0 Å². The molecule has 0 N–H and O–H groups in total. The molecule has 13 heavy (non-hydrogen) atoms. The number of rotatable bonds is 3. The van der Waals surface area contributed by atoms with Gasteiger partial charge >= 0.3 is 5.97 Å². The molecule has 0 amide bonds. The molecule has 2 rings (SSSR count). The number of carbonyl (C=O) groups excluding carboxylic acids is 1. The zero-order chi connectivity index (χ0) is 9.26. The molecule has 0 spiro atoms. The van der Waals surface area contributed by atoms with Gasteiger partial charge in [0.2, 0.25) is 0 Å². The van der Waals surface area contributed by atoms with Gasteiger partial charge in [-0.25, -0.2) is 4.79 Å². The highest BCUT2D eigenvalue weighted by Crippen LogP contribution is 2.26. The maximum atomic E-state index is 11.2. The molecule has 0 saturated heterocycles. The molecule has 0 saturated carbocycles. The Kier molecular flexibility index (Phi) is 2.08. The zero-order valence-electron chi connectivity index (χ0n) is 7.63. The zero-order valence-corrected chi connectivity index (χ0v) is 7.63. The highest BCUT2D eigenvalue weighted by atomic mass is 16.5. The van der Waals surface area contributed by atoms with Crippen molar-refractivity contribution in [3.05, 3.63) is 23.2 Å². The van der Waals surface area contributed by atoms with Gasteiger partial charge in [-0.3, -0.25) is 0 Å². The SMILES string of the molecule is CCCCc1occ2c1C(=O)OC2. The van der Waals surface area contributed by atoms with E-state index in [1.54, 1.807) is 6.26 Å². The summed E-state index contributed by atoms with van der Waals surface area (Å²) in [6, 6.07) is 0. The van der Waals surface area contributed by atoms with Crippen molar-refractivity contribution in [2.75, 3.05) is 0 Å². The number of ether oxygens (including phenoxy) is 1. The Balaban J connectivity index is 2.23. The van der Waals surface area contributed by atoms with Crippen LogP contribution < -0.4 is 0 Å². The van der Waals surface area contributed by atoms with Gasteiger partial charge in [0.25, 0.3) is 0 Å². The van der Waals surface area contributed by atoms with Crippen LogP contribution >= 0.6 is 0 Å². The lowest BCUT2D eigenvalue weighted by Crippen LogP contribution is -1.97. The highest BCUT2D eigenvalue weighted by molar-refractivity contribution is 5.94. The molecule has 0 radical (unpaired) electrons. The number of furan rings is 1. The Bertz CT molecular complexity index is 325. The molecule has 1 aromatic heterocycles. The van der Waals surface area contributed by atoms with Crippen LogP contribution in [0.1, 0.15) is 41.4 Å². The van der Waals surface area contributed by atoms with Gasteiger partial charge in [0.05, 0.1) is 6.26 Å². The smallest absolute Gasteiger partial charge is 0.342 e. The standard InChI is InChI=1S/C10H12O3/c1-2-3-4-8-9-7(5-12-8)6-13-10(9)11/h5H,2-4,6H2,1H3. The molecular weight excluding hydrogens is 168 g/mol. The molecule has 0 atom stereocenters. The third-order valence-corrected chi connectivity index (χ3v) is 2.26. The van der Waals surface area contributed by atoms with Gasteiger partial charge in [0.15, 0.2) is 0 Å². The Morgan fingerprint density at radius 1 is 1.54 bits per heavy atom. The van der Waals surface area contributed by atoms with Gasteiger partial charge < -0.3 is 9.15 Å². The third kappa shape index (κ3) is 1.34. The van der Waals surface area contributed by atoms with Crippen molar-refractivity contribution >= 4 is 5.97 Å². The van der Waals surface area contributed by atoms with Gasteiger partial charge in [-0.2, -0.15) is 0 Å². The Morgan fingerprint density at radius 2 is 2.38 bits per heavy atom. The number of unbranched alkanes of at least 4 members (excludes halogenated alkanes) is 1. The van der Waals surface area contributed by atoms with Crippen molar-refractivity contribution in [3.63, 3.8) is 0 Å². The second-order valence-electron chi connectivity index (χ2n) is 3.24. The van der Waals surface area contributed by atoms with Crippen molar-refractivity contribution in [2.24, 2.45) is 0 Å². The van der Waals surface area contributed by atoms with Crippen LogP contribution in [-0.4, -0.2) is 5.97 Å². The fourth-order valence-corrected chi connectivity index (χ4v) is 1.53. The fourth-order valence-electron chi connectivity index (χ4n) is 1.53. The number of carbonyl (C=O) groups is 1. The van der Waals surface area contributed by atoms with Crippen molar-refractivity contribution < 1.29 is 13.9 Å². The molecule has 3 heteroatoms. The minimum atomic E-state index is -0.227. The molecule has 2 heterocycles. The summed E-state index contributed by atoms with van der Waals surface area (Å²) in [7, 11) is 0. The first-order valence-corrected chi connectivity index (χ1v) is 4.59. The monoisotopic (exact) mass is 180 g/mol. The predicted octanol–water partition coefficient (Wildman–Crippen LogP) is 2.29. The first-order valence-electron chi connectivity index (χ1n) is 4.59. The minimum absolute atomic E-state index is 0.227. The lowest BCUT2D eigenvalue weighted by molar-refractivity contribution is 0.0528.